The first-order valence-corrected chi connectivity index (χ1v) is 4.29. The molecule has 0 atom stereocenters. The van der Waals surface area contributed by atoms with E-state index in [4.69, 9.17) is 11.6 Å². The fourth-order valence-corrected chi connectivity index (χ4v) is 1.84. The van der Waals surface area contributed by atoms with Gasteiger partial charge in [0.1, 0.15) is 11.6 Å². The van der Waals surface area contributed by atoms with Gasteiger partial charge in [-0.05, 0) is 6.92 Å². The lowest BCUT2D eigenvalue weighted by Crippen LogP contribution is -2.19. The summed E-state index contributed by atoms with van der Waals surface area (Å²) in [6, 6.07) is 0. The number of Topliss-reactive ketones (excluding diaryl/α,β-unsaturated/α-hetero) is 1. The van der Waals surface area contributed by atoms with Gasteiger partial charge < -0.3 is 4.57 Å². The summed E-state index contributed by atoms with van der Waals surface area (Å²) in [4.78, 5) is 15.2. The third-order valence-electron chi connectivity index (χ3n) is 2.19. The Bertz CT molecular complexity index is 343. The first kappa shape index (κ1) is 7.80. The predicted molar refractivity (Wildman–Crippen MR) is 45.3 cm³/mol. The van der Waals surface area contributed by atoms with Gasteiger partial charge in [-0.3, -0.25) is 4.79 Å². The van der Waals surface area contributed by atoms with Crippen molar-refractivity contribution >= 4 is 17.4 Å². The highest BCUT2D eigenvalue weighted by molar-refractivity contribution is 6.30. The molecule has 0 N–H and O–H groups in total. The van der Waals surface area contributed by atoms with E-state index in [2.05, 4.69) is 4.98 Å². The van der Waals surface area contributed by atoms with Crippen molar-refractivity contribution in [2.75, 3.05) is 0 Å². The van der Waals surface area contributed by atoms with Crippen LogP contribution in [0.4, 0.5) is 0 Å². The Kier molecular flexibility index (Phi) is 1.68. The zero-order valence-electron chi connectivity index (χ0n) is 6.80. The molecule has 0 amide bonds. The summed E-state index contributed by atoms with van der Waals surface area (Å²) in [7, 11) is 0. The van der Waals surface area contributed by atoms with Crippen LogP contribution in [0.25, 0.3) is 0 Å². The van der Waals surface area contributed by atoms with Crippen LogP contribution >= 0.6 is 11.6 Å². The second kappa shape index (κ2) is 2.59. The van der Waals surface area contributed by atoms with Gasteiger partial charge in [0.2, 0.25) is 0 Å². The van der Waals surface area contributed by atoms with Crippen molar-refractivity contribution in [3.63, 3.8) is 0 Å². The maximum absolute atomic E-state index is 11.1. The minimum absolute atomic E-state index is 0.254. The molecule has 0 saturated carbocycles. The van der Waals surface area contributed by atoms with Gasteiger partial charge >= 0.3 is 0 Å². The van der Waals surface area contributed by atoms with E-state index in [0.29, 0.717) is 18.0 Å². The molecule has 0 spiro atoms. The predicted octanol–water partition coefficient (Wildman–Crippen LogP) is 1.36. The fourth-order valence-electron chi connectivity index (χ4n) is 1.55. The maximum atomic E-state index is 11.1. The molecule has 0 radical (unpaired) electrons. The molecule has 1 aromatic rings. The van der Waals surface area contributed by atoms with Crippen LogP contribution in [0.1, 0.15) is 17.9 Å². The monoisotopic (exact) mass is 184 g/mol. The van der Waals surface area contributed by atoms with Crippen molar-refractivity contribution in [1.82, 2.24) is 9.55 Å². The van der Waals surface area contributed by atoms with Gasteiger partial charge in [-0.15, -0.1) is 0 Å². The number of hydrogen-bond acceptors (Lipinski definition) is 2. The Morgan fingerprint density at radius 1 is 1.58 bits per heavy atom. The molecule has 0 saturated heterocycles. The van der Waals surface area contributed by atoms with Crippen molar-refractivity contribution in [2.45, 2.75) is 26.3 Å². The van der Waals surface area contributed by atoms with Crippen molar-refractivity contribution in [3.8, 4) is 0 Å². The summed E-state index contributed by atoms with van der Waals surface area (Å²) in [6.07, 6.45) is 1.06. The molecule has 1 aromatic heterocycles. The van der Waals surface area contributed by atoms with E-state index >= 15 is 0 Å². The van der Waals surface area contributed by atoms with E-state index < -0.39 is 0 Å². The molecule has 0 bridgehead atoms. The number of imidazole rings is 1. The summed E-state index contributed by atoms with van der Waals surface area (Å²) >= 11 is 5.84. The van der Waals surface area contributed by atoms with Gasteiger partial charge in [0.05, 0.1) is 5.69 Å². The van der Waals surface area contributed by atoms with Gasteiger partial charge in [0.25, 0.3) is 0 Å². The largest absolute Gasteiger partial charge is 0.330 e. The SMILES string of the molecule is Cc1nc(Cl)c2n1CCC(=O)C2. The van der Waals surface area contributed by atoms with Gasteiger partial charge in [-0.25, -0.2) is 4.98 Å². The molecule has 0 aromatic carbocycles. The Hall–Kier alpha value is -0.830. The summed E-state index contributed by atoms with van der Waals surface area (Å²) in [5.41, 5.74) is 0.880. The molecule has 0 fully saturated rings. The minimum Gasteiger partial charge on any atom is -0.330 e. The van der Waals surface area contributed by atoms with Gasteiger partial charge in [-0.1, -0.05) is 11.6 Å². The van der Waals surface area contributed by atoms with E-state index in [-0.39, 0.29) is 5.78 Å². The Labute approximate surface area is 75.4 Å². The standard InChI is InChI=1S/C8H9ClN2O/c1-5-10-8(9)7-4-6(12)2-3-11(5)7/h2-4H2,1H3. The molecule has 1 aliphatic rings. The molecule has 12 heavy (non-hydrogen) atoms. The molecular formula is C8H9ClN2O. The van der Waals surface area contributed by atoms with E-state index in [1.54, 1.807) is 0 Å². The molecule has 64 valence electrons. The fraction of sp³-hybridized carbons (Fsp3) is 0.500. The smallest absolute Gasteiger partial charge is 0.151 e. The molecule has 2 heterocycles. The Morgan fingerprint density at radius 3 is 3.08 bits per heavy atom. The van der Waals surface area contributed by atoms with Crippen molar-refractivity contribution in [2.24, 2.45) is 0 Å². The van der Waals surface area contributed by atoms with Crippen LogP contribution in [0.15, 0.2) is 0 Å². The zero-order valence-corrected chi connectivity index (χ0v) is 7.56. The molecule has 0 aliphatic carbocycles. The minimum atomic E-state index is 0.254. The van der Waals surface area contributed by atoms with Gasteiger partial charge in [-0.2, -0.15) is 0 Å². The number of rotatable bonds is 0. The molecule has 2 rings (SSSR count). The summed E-state index contributed by atoms with van der Waals surface area (Å²) in [6.45, 7) is 2.64. The third-order valence-corrected chi connectivity index (χ3v) is 2.50. The quantitative estimate of drug-likeness (QED) is 0.610. The molecular weight excluding hydrogens is 176 g/mol. The Balaban J connectivity index is 2.51. The number of halogens is 1. The summed E-state index contributed by atoms with van der Waals surface area (Å²) < 4.78 is 2.02. The Morgan fingerprint density at radius 2 is 2.33 bits per heavy atom. The van der Waals surface area contributed by atoms with E-state index in [0.717, 1.165) is 18.1 Å². The first-order chi connectivity index (χ1) is 5.68. The second-order valence-corrected chi connectivity index (χ2v) is 3.37. The lowest BCUT2D eigenvalue weighted by Gasteiger charge is -2.14. The van der Waals surface area contributed by atoms with Crippen LogP contribution in [0.3, 0.4) is 0 Å². The second-order valence-electron chi connectivity index (χ2n) is 3.01. The highest BCUT2D eigenvalue weighted by Crippen LogP contribution is 2.22. The van der Waals surface area contributed by atoms with Crippen LogP contribution in [0.5, 0.6) is 0 Å². The highest BCUT2D eigenvalue weighted by Gasteiger charge is 2.20. The van der Waals surface area contributed by atoms with Crippen LogP contribution in [-0.2, 0) is 17.8 Å². The van der Waals surface area contributed by atoms with Gasteiger partial charge in [0, 0.05) is 19.4 Å². The molecule has 1 aliphatic heterocycles. The van der Waals surface area contributed by atoms with Gasteiger partial charge in [0.15, 0.2) is 5.15 Å². The van der Waals surface area contributed by atoms with E-state index in [1.807, 2.05) is 11.5 Å². The average molecular weight is 185 g/mol. The van der Waals surface area contributed by atoms with E-state index in [9.17, 15) is 4.79 Å². The van der Waals surface area contributed by atoms with Crippen LogP contribution in [-0.4, -0.2) is 15.3 Å². The molecule has 0 unspecified atom stereocenters. The van der Waals surface area contributed by atoms with E-state index in [1.165, 1.54) is 0 Å². The third kappa shape index (κ3) is 1.05. The molecule has 4 heteroatoms. The number of fused-ring (bicyclic) bond motifs is 1. The number of carbonyl (C=O) groups is 1. The zero-order chi connectivity index (χ0) is 8.72. The average Bonchev–Trinajstić information content (AvgIpc) is 2.28. The van der Waals surface area contributed by atoms with Crippen LogP contribution in [0.2, 0.25) is 5.15 Å². The summed E-state index contributed by atoms with van der Waals surface area (Å²) in [5, 5.41) is 0.487. The molecule has 3 nitrogen and oxygen atoms in total. The number of aryl methyl sites for hydroxylation is 1. The lowest BCUT2D eigenvalue weighted by atomic mass is 10.1. The first-order valence-electron chi connectivity index (χ1n) is 3.91. The van der Waals surface area contributed by atoms with Crippen molar-refractivity contribution in [1.29, 1.82) is 0 Å². The number of ketones is 1. The van der Waals surface area contributed by atoms with Crippen LogP contribution in [0, 0.1) is 6.92 Å². The van der Waals surface area contributed by atoms with Crippen molar-refractivity contribution < 1.29 is 4.79 Å². The highest BCUT2D eigenvalue weighted by atomic mass is 35.5. The number of aromatic nitrogens is 2. The van der Waals surface area contributed by atoms with Crippen LogP contribution < -0.4 is 0 Å². The lowest BCUT2D eigenvalue weighted by molar-refractivity contribution is -0.119. The van der Waals surface area contributed by atoms with Crippen molar-refractivity contribution in [3.05, 3.63) is 16.7 Å². The normalized spacial score (nSPS) is 16.3. The summed E-state index contributed by atoms with van der Waals surface area (Å²) in [5.74, 6) is 1.16. The maximum Gasteiger partial charge on any atom is 0.151 e. The topological polar surface area (TPSA) is 34.9 Å². The number of hydrogen-bond donors (Lipinski definition) is 0. The number of nitrogens with zero attached hydrogens (tertiary/aromatic N) is 2. The number of carbonyl (C=O) groups excluding carboxylic acids is 1.